The highest BCUT2D eigenvalue weighted by molar-refractivity contribution is 8.48. The van der Waals surface area contributed by atoms with Crippen LogP contribution in [-0.4, -0.2) is 29.9 Å². The van der Waals surface area contributed by atoms with Crippen LogP contribution in [-0.2, 0) is 9.59 Å². The average Bonchev–Trinajstić information content (AvgIpc) is 2.00. The summed E-state index contributed by atoms with van der Waals surface area (Å²) in [6, 6.07) is 0. The van der Waals surface area contributed by atoms with Gasteiger partial charge in [-0.25, -0.2) is 0 Å². The van der Waals surface area contributed by atoms with E-state index in [4.69, 9.17) is 17.3 Å². The van der Waals surface area contributed by atoms with Crippen LogP contribution >= 0.6 is 35.7 Å². The van der Waals surface area contributed by atoms with Crippen LogP contribution in [0.5, 0.6) is 0 Å². The highest BCUT2D eigenvalue weighted by Gasteiger charge is 2.33. The quantitative estimate of drug-likeness (QED) is 0.799. The fraction of sp³-hybridized carbons (Fsp3) is 0.700. The molecule has 16 heavy (non-hydrogen) atoms. The average molecular weight is 280 g/mol. The minimum Gasteiger partial charge on any atom is -0.480 e. The number of ketones is 1. The van der Waals surface area contributed by atoms with Crippen molar-refractivity contribution in [2.45, 2.75) is 44.1 Å². The van der Waals surface area contributed by atoms with Gasteiger partial charge in [0.1, 0.15) is 14.1 Å². The minimum atomic E-state index is -0.961. The summed E-state index contributed by atoms with van der Waals surface area (Å²) < 4.78 is -1.08. The molecule has 0 saturated carbocycles. The van der Waals surface area contributed by atoms with Crippen molar-refractivity contribution < 1.29 is 14.7 Å². The molecule has 0 fully saturated rings. The lowest BCUT2D eigenvalue weighted by atomic mass is 10.1. The third-order valence-corrected chi connectivity index (χ3v) is 4.86. The fourth-order valence-electron chi connectivity index (χ4n) is 0.553. The van der Waals surface area contributed by atoms with E-state index in [2.05, 4.69) is 0 Å². The van der Waals surface area contributed by atoms with Crippen LogP contribution in [0.3, 0.4) is 0 Å². The third kappa shape index (κ3) is 4.84. The second kappa shape index (κ2) is 5.51. The van der Waals surface area contributed by atoms with Crippen LogP contribution in [0.15, 0.2) is 0 Å². The number of hydrogen-bond donors (Lipinski definition) is 1. The third-order valence-electron chi connectivity index (χ3n) is 2.04. The molecule has 0 amide bonds. The van der Waals surface area contributed by atoms with E-state index in [0.717, 1.165) is 11.8 Å². The summed E-state index contributed by atoms with van der Waals surface area (Å²) in [6.45, 7) is 8.24. The summed E-state index contributed by atoms with van der Waals surface area (Å²) in [4.78, 5) is 22.2. The maximum Gasteiger partial charge on any atom is 0.319 e. The fourth-order valence-corrected chi connectivity index (χ4v) is 4.28. The van der Waals surface area contributed by atoms with Gasteiger partial charge in [-0.2, -0.15) is 0 Å². The van der Waals surface area contributed by atoms with E-state index in [9.17, 15) is 9.59 Å². The normalized spacial score (nSPS) is 12.3. The number of Topliss-reactive ketones (excluding diaryl/α,β-unsaturated/α-hetero) is 1. The molecule has 0 radical (unpaired) electrons. The Bertz CT molecular complexity index is 291. The van der Waals surface area contributed by atoms with Gasteiger partial charge in [0.25, 0.3) is 0 Å². The molecule has 0 aromatic rings. The molecule has 0 aromatic carbocycles. The number of carbonyl (C=O) groups excluding carboxylic acids is 1. The second-order valence-electron chi connectivity index (χ2n) is 4.34. The van der Waals surface area contributed by atoms with Gasteiger partial charge in [0.05, 0.1) is 4.75 Å². The van der Waals surface area contributed by atoms with Gasteiger partial charge in [-0.05, 0) is 34.6 Å². The molecule has 0 aromatic heterocycles. The molecule has 0 aliphatic carbocycles. The van der Waals surface area contributed by atoms with Crippen molar-refractivity contribution in [3.63, 3.8) is 0 Å². The van der Waals surface area contributed by atoms with Crippen molar-refractivity contribution in [2.24, 2.45) is 0 Å². The maximum absolute atomic E-state index is 11.3. The lowest BCUT2D eigenvalue weighted by Gasteiger charge is -2.24. The molecule has 0 aliphatic heterocycles. The van der Waals surface area contributed by atoms with Crippen molar-refractivity contribution in [1.29, 1.82) is 0 Å². The van der Waals surface area contributed by atoms with E-state index in [0.29, 0.717) is 3.53 Å². The summed E-state index contributed by atoms with van der Waals surface area (Å²) in [5.74, 6) is -0.894. The Hall–Kier alpha value is -0.0700. The van der Waals surface area contributed by atoms with E-state index in [1.54, 1.807) is 27.7 Å². The van der Waals surface area contributed by atoms with Gasteiger partial charge >= 0.3 is 5.97 Å². The highest BCUT2D eigenvalue weighted by Crippen LogP contribution is 2.37. The molecule has 0 heterocycles. The standard InChI is InChI=1S/C10H16O3S3/c1-6(11)9(2,3)15-8(14)16-10(4,5)7(12)13/h1-5H3,(H,12,13). The number of thiocarbonyl (C=S) groups is 1. The van der Waals surface area contributed by atoms with Gasteiger partial charge in [-0.15, -0.1) is 0 Å². The Kier molecular flexibility index (Phi) is 5.49. The molecule has 6 heteroatoms. The minimum absolute atomic E-state index is 0.0218. The monoisotopic (exact) mass is 280 g/mol. The first-order valence-electron chi connectivity index (χ1n) is 4.65. The molecule has 0 saturated heterocycles. The first-order chi connectivity index (χ1) is 6.99. The van der Waals surface area contributed by atoms with Crippen LogP contribution in [0.2, 0.25) is 0 Å². The molecule has 0 atom stereocenters. The molecule has 92 valence electrons. The predicted molar refractivity (Wildman–Crippen MR) is 74.3 cm³/mol. The van der Waals surface area contributed by atoms with Crippen LogP contribution < -0.4 is 0 Å². The molecule has 1 N–H and O–H groups in total. The maximum atomic E-state index is 11.3. The first-order valence-corrected chi connectivity index (χ1v) is 6.69. The molecule has 0 rings (SSSR count). The van der Waals surface area contributed by atoms with Crippen molar-refractivity contribution in [3.8, 4) is 0 Å². The smallest absolute Gasteiger partial charge is 0.319 e. The molecule has 0 bridgehead atoms. The second-order valence-corrected chi connectivity index (χ2v) is 8.79. The predicted octanol–water partition coefficient (Wildman–Crippen LogP) is 2.97. The topological polar surface area (TPSA) is 54.4 Å². The van der Waals surface area contributed by atoms with Crippen molar-refractivity contribution in [1.82, 2.24) is 0 Å². The molecule has 0 unspecified atom stereocenters. The number of carboxylic acids is 1. The van der Waals surface area contributed by atoms with E-state index in [1.807, 2.05) is 0 Å². The van der Waals surface area contributed by atoms with Gasteiger partial charge in [-0.3, -0.25) is 9.59 Å². The Morgan fingerprint density at radius 2 is 1.44 bits per heavy atom. The Balaban J connectivity index is 4.52. The lowest BCUT2D eigenvalue weighted by Crippen LogP contribution is -2.30. The zero-order chi connectivity index (χ0) is 13.1. The lowest BCUT2D eigenvalue weighted by molar-refractivity contribution is -0.138. The highest BCUT2D eigenvalue weighted by atomic mass is 32.2. The molecular weight excluding hydrogens is 264 g/mol. The van der Waals surface area contributed by atoms with E-state index >= 15 is 0 Å². The summed E-state index contributed by atoms with van der Waals surface area (Å²) in [7, 11) is 0. The first kappa shape index (κ1) is 15.9. The Labute approximate surface area is 110 Å². The number of hydrogen-bond acceptors (Lipinski definition) is 5. The molecule has 0 aliphatic rings. The zero-order valence-corrected chi connectivity index (χ0v) is 12.4. The van der Waals surface area contributed by atoms with Crippen molar-refractivity contribution in [2.75, 3.05) is 0 Å². The Morgan fingerprint density at radius 3 is 1.75 bits per heavy atom. The SMILES string of the molecule is CC(=O)C(C)(C)SC(=S)SC(C)(C)C(=O)O. The van der Waals surface area contributed by atoms with Crippen LogP contribution in [0.25, 0.3) is 0 Å². The molecule has 0 spiro atoms. The van der Waals surface area contributed by atoms with Gasteiger partial charge in [0, 0.05) is 0 Å². The van der Waals surface area contributed by atoms with Gasteiger partial charge in [0.15, 0.2) is 0 Å². The van der Waals surface area contributed by atoms with Crippen molar-refractivity contribution >= 4 is 51.0 Å². The Morgan fingerprint density at radius 1 is 1.06 bits per heavy atom. The largest absolute Gasteiger partial charge is 0.480 e. The van der Waals surface area contributed by atoms with Crippen LogP contribution in [0.4, 0.5) is 0 Å². The zero-order valence-electron chi connectivity index (χ0n) is 9.99. The number of carboxylic acid groups (broad SMARTS) is 1. The summed E-state index contributed by atoms with van der Waals surface area (Å²) >= 11 is 7.43. The van der Waals surface area contributed by atoms with E-state index in [-0.39, 0.29) is 5.78 Å². The number of aliphatic carboxylic acids is 1. The molecular formula is C10H16O3S3. The number of carbonyl (C=O) groups is 2. The van der Waals surface area contributed by atoms with E-state index in [1.165, 1.54) is 18.7 Å². The number of thioether (sulfide) groups is 2. The van der Waals surface area contributed by atoms with Gasteiger partial charge in [-0.1, -0.05) is 35.7 Å². The van der Waals surface area contributed by atoms with E-state index < -0.39 is 15.5 Å². The van der Waals surface area contributed by atoms with Gasteiger partial charge in [0.2, 0.25) is 0 Å². The van der Waals surface area contributed by atoms with Crippen LogP contribution in [0, 0.1) is 0 Å². The van der Waals surface area contributed by atoms with Gasteiger partial charge < -0.3 is 5.11 Å². The summed E-state index contributed by atoms with van der Waals surface area (Å²) in [5.41, 5.74) is 0. The summed E-state index contributed by atoms with van der Waals surface area (Å²) in [5, 5.41) is 8.94. The summed E-state index contributed by atoms with van der Waals surface area (Å²) in [6.07, 6.45) is 0. The number of rotatable bonds is 4. The van der Waals surface area contributed by atoms with Crippen LogP contribution in [0.1, 0.15) is 34.6 Å². The van der Waals surface area contributed by atoms with Crippen molar-refractivity contribution in [3.05, 3.63) is 0 Å². The molecule has 3 nitrogen and oxygen atoms in total.